The molecule has 1 aliphatic rings. The van der Waals surface area contributed by atoms with E-state index in [-0.39, 0.29) is 5.78 Å². The van der Waals surface area contributed by atoms with Crippen LogP contribution >= 0.6 is 0 Å². The molecule has 0 aliphatic heterocycles. The Morgan fingerprint density at radius 3 is 2.80 bits per heavy atom. The van der Waals surface area contributed by atoms with Gasteiger partial charge in [0, 0.05) is 39.5 Å². The smallest absolute Gasteiger partial charge is 0.205 e. The van der Waals surface area contributed by atoms with Gasteiger partial charge in [0.15, 0.2) is 0 Å². The minimum absolute atomic E-state index is 0.000420. The molecule has 20 heavy (non-hydrogen) atoms. The van der Waals surface area contributed by atoms with Crippen LogP contribution in [0.25, 0.3) is 0 Å². The summed E-state index contributed by atoms with van der Waals surface area (Å²) >= 11 is 0. The molecule has 1 aromatic heterocycles. The van der Waals surface area contributed by atoms with Crippen LogP contribution in [0.2, 0.25) is 0 Å². The maximum Gasteiger partial charge on any atom is 0.205 e. The Balaban J connectivity index is 2.29. The van der Waals surface area contributed by atoms with Crippen molar-refractivity contribution in [2.24, 2.45) is 0 Å². The lowest BCUT2D eigenvalue weighted by Gasteiger charge is -2.17. The minimum Gasteiger partial charge on any atom is -0.383 e. The monoisotopic (exact) mass is 277 g/mol. The lowest BCUT2D eigenvalue weighted by Crippen LogP contribution is -2.16. The number of imidazole rings is 1. The quantitative estimate of drug-likeness (QED) is 0.592. The summed E-state index contributed by atoms with van der Waals surface area (Å²) in [7, 11) is 5.45. The van der Waals surface area contributed by atoms with E-state index >= 15 is 0 Å². The fourth-order valence-electron chi connectivity index (χ4n) is 2.69. The molecule has 1 fully saturated rings. The molecule has 0 saturated heterocycles. The van der Waals surface area contributed by atoms with Gasteiger partial charge in [-0.1, -0.05) is 12.8 Å². The number of allylic oxidation sites excluding steroid dienone is 1. The minimum atomic E-state index is 0.000420. The molecule has 0 spiro atoms. The number of ketones is 1. The number of aromatic nitrogens is 2. The lowest BCUT2D eigenvalue weighted by atomic mass is 10.2. The number of nitrogens with zero attached hydrogens (tertiary/aromatic N) is 3. The largest absolute Gasteiger partial charge is 0.383 e. The molecule has 110 valence electrons. The normalized spacial score (nSPS) is 16.1. The Bertz CT molecular complexity index is 485. The second-order valence-electron chi connectivity index (χ2n) is 5.44. The highest BCUT2D eigenvalue weighted by Crippen LogP contribution is 2.32. The van der Waals surface area contributed by atoms with Gasteiger partial charge in [-0.15, -0.1) is 0 Å². The van der Waals surface area contributed by atoms with E-state index < -0.39 is 0 Å². The van der Waals surface area contributed by atoms with E-state index in [0.29, 0.717) is 18.3 Å². The molecule has 5 nitrogen and oxygen atoms in total. The predicted molar refractivity (Wildman–Crippen MR) is 77.6 cm³/mol. The van der Waals surface area contributed by atoms with Gasteiger partial charge >= 0.3 is 0 Å². The van der Waals surface area contributed by atoms with Crippen molar-refractivity contribution in [3.8, 4) is 0 Å². The molecular formula is C15H23N3O2. The van der Waals surface area contributed by atoms with Crippen molar-refractivity contribution in [2.75, 3.05) is 21.2 Å². The van der Waals surface area contributed by atoms with Crippen LogP contribution in [0, 0.1) is 0 Å². The standard InChI is InChI=1S/C15H23N3O2/c1-17(2)9-8-14(19)13-10-16-15(11-20-3)18(13)12-6-4-5-7-12/h8-10,12H,4-7,11H2,1-3H3/b9-8+. The lowest BCUT2D eigenvalue weighted by molar-refractivity contribution is 0.103. The average Bonchev–Trinajstić information content (AvgIpc) is 3.04. The maximum absolute atomic E-state index is 12.3. The highest BCUT2D eigenvalue weighted by Gasteiger charge is 2.24. The Morgan fingerprint density at radius 2 is 2.20 bits per heavy atom. The van der Waals surface area contributed by atoms with E-state index in [0.717, 1.165) is 18.7 Å². The molecule has 1 aromatic rings. The number of hydrogen-bond donors (Lipinski definition) is 0. The number of carbonyl (C=O) groups is 1. The van der Waals surface area contributed by atoms with Crippen molar-refractivity contribution < 1.29 is 9.53 Å². The van der Waals surface area contributed by atoms with E-state index in [1.807, 2.05) is 19.0 Å². The Kier molecular flexibility index (Phi) is 4.95. The number of hydrogen-bond acceptors (Lipinski definition) is 4. The van der Waals surface area contributed by atoms with Crippen LogP contribution in [0.5, 0.6) is 0 Å². The van der Waals surface area contributed by atoms with Crippen LogP contribution in [0.15, 0.2) is 18.5 Å². The topological polar surface area (TPSA) is 47.4 Å². The molecule has 0 amide bonds. The van der Waals surface area contributed by atoms with Crippen molar-refractivity contribution in [3.05, 3.63) is 30.0 Å². The van der Waals surface area contributed by atoms with E-state index in [1.165, 1.54) is 12.8 Å². The van der Waals surface area contributed by atoms with Crippen molar-refractivity contribution >= 4 is 5.78 Å². The fraction of sp³-hybridized carbons (Fsp3) is 0.600. The molecule has 1 heterocycles. The van der Waals surface area contributed by atoms with Gasteiger partial charge in [-0.2, -0.15) is 0 Å². The van der Waals surface area contributed by atoms with Crippen LogP contribution in [0.4, 0.5) is 0 Å². The van der Waals surface area contributed by atoms with Crippen molar-refractivity contribution in [1.29, 1.82) is 0 Å². The van der Waals surface area contributed by atoms with Gasteiger partial charge in [0.25, 0.3) is 0 Å². The maximum atomic E-state index is 12.3. The molecule has 1 saturated carbocycles. The molecule has 0 aromatic carbocycles. The molecule has 2 rings (SSSR count). The molecule has 0 N–H and O–H groups in total. The van der Waals surface area contributed by atoms with E-state index in [9.17, 15) is 4.79 Å². The highest BCUT2D eigenvalue weighted by atomic mass is 16.5. The first-order valence-electron chi connectivity index (χ1n) is 7.07. The van der Waals surface area contributed by atoms with Gasteiger partial charge in [0.05, 0.1) is 6.20 Å². The number of carbonyl (C=O) groups excluding carboxylic acids is 1. The highest BCUT2D eigenvalue weighted by molar-refractivity contribution is 6.03. The Morgan fingerprint density at radius 1 is 1.50 bits per heavy atom. The van der Waals surface area contributed by atoms with Crippen molar-refractivity contribution in [1.82, 2.24) is 14.5 Å². The summed E-state index contributed by atoms with van der Waals surface area (Å²) in [4.78, 5) is 18.5. The molecule has 1 aliphatic carbocycles. The first kappa shape index (κ1) is 14.8. The van der Waals surface area contributed by atoms with Crippen molar-refractivity contribution in [2.45, 2.75) is 38.3 Å². The molecule has 0 bridgehead atoms. The third kappa shape index (κ3) is 3.28. The second-order valence-corrected chi connectivity index (χ2v) is 5.44. The zero-order chi connectivity index (χ0) is 14.5. The van der Waals surface area contributed by atoms with Gasteiger partial charge in [0.1, 0.15) is 18.1 Å². The summed E-state index contributed by atoms with van der Waals surface area (Å²) in [5.41, 5.74) is 0.669. The van der Waals surface area contributed by atoms with Crippen LogP contribution < -0.4 is 0 Å². The van der Waals surface area contributed by atoms with Crippen LogP contribution in [-0.4, -0.2) is 41.4 Å². The number of methoxy groups -OCH3 is 1. The zero-order valence-corrected chi connectivity index (χ0v) is 12.5. The molecule has 0 atom stereocenters. The van der Waals surface area contributed by atoms with Crippen LogP contribution in [-0.2, 0) is 11.3 Å². The average molecular weight is 277 g/mol. The predicted octanol–water partition coefficient (Wildman–Crippen LogP) is 2.40. The SMILES string of the molecule is COCc1ncc(C(=O)/C=C/N(C)C)n1C1CCCC1. The summed E-state index contributed by atoms with van der Waals surface area (Å²) in [5.74, 6) is 0.849. The fourth-order valence-corrected chi connectivity index (χ4v) is 2.69. The van der Waals surface area contributed by atoms with E-state index in [4.69, 9.17) is 4.74 Å². The van der Waals surface area contributed by atoms with E-state index in [2.05, 4.69) is 9.55 Å². The molecule has 0 unspecified atom stereocenters. The molecule has 5 heteroatoms. The third-order valence-corrected chi connectivity index (χ3v) is 3.61. The number of rotatable bonds is 6. The first-order chi connectivity index (χ1) is 9.63. The summed E-state index contributed by atoms with van der Waals surface area (Å²) in [6.07, 6.45) is 9.71. The number of ether oxygens (including phenoxy) is 1. The van der Waals surface area contributed by atoms with Crippen molar-refractivity contribution in [3.63, 3.8) is 0 Å². The van der Waals surface area contributed by atoms with Gasteiger partial charge in [-0.3, -0.25) is 4.79 Å². The summed E-state index contributed by atoms with van der Waals surface area (Å²) in [5, 5.41) is 0. The van der Waals surface area contributed by atoms with Crippen LogP contribution in [0.3, 0.4) is 0 Å². The van der Waals surface area contributed by atoms with Gasteiger partial charge in [-0.25, -0.2) is 4.98 Å². The summed E-state index contributed by atoms with van der Waals surface area (Å²) in [6, 6.07) is 0.384. The van der Waals surface area contributed by atoms with E-state index in [1.54, 1.807) is 25.6 Å². The zero-order valence-electron chi connectivity index (χ0n) is 12.5. The van der Waals surface area contributed by atoms with Crippen LogP contribution in [0.1, 0.15) is 48.0 Å². The second kappa shape index (κ2) is 6.70. The summed E-state index contributed by atoms with van der Waals surface area (Å²) < 4.78 is 7.28. The van der Waals surface area contributed by atoms with Gasteiger partial charge < -0.3 is 14.2 Å². The summed E-state index contributed by atoms with van der Waals surface area (Å²) in [6.45, 7) is 0.446. The van der Waals surface area contributed by atoms with Gasteiger partial charge in [-0.05, 0) is 12.8 Å². The Hall–Kier alpha value is -1.62. The third-order valence-electron chi connectivity index (χ3n) is 3.61. The molecular weight excluding hydrogens is 254 g/mol. The molecule has 0 radical (unpaired) electrons. The van der Waals surface area contributed by atoms with Gasteiger partial charge in [0.2, 0.25) is 5.78 Å². The first-order valence-corrected chi connectivity index (χ1v) is 7.07. The Labute approximate surface area is 120 Å².